The van der Waals surface area contributed by atoms with E-state index in [1.54, 1.807) is 0 Å². The number of hydrogen-bond acceptors (Lipinski definition) is 4. The van der Waals surface area contributed by atoms with Gasteiger partial charge in [-0.1, -0.05) is 18.2 Å². The lowest BCUT2D eigenvalue weighted by Crippen LogP contribution is -2.46. The molecule has 158 valence electrons. The van der Waals surface area contributed by atoms with Gasteiger partial charge < -0.3 is 19.5 Å². The molecular weight excluding hydrogens is 384 g/mol. The molecule has 1 aliphatic heterocycles. The number of benzene rings is 3. The highest BCUT2D eigenvalue weighted by Crippen LogP contribution is 2.30. The van der Waals surface area contributed by atoms with E-state index in [0.29, 0.717) is 6.61 Å². The number of nitrogens with zero attached hydrogens (tertiary/aromatic N) is 3. The lowest BCUT2D eigenvalue weighted by molar-refractivity contribution is 0.340. The first kappa shape index (κ1) is 19.5. The zero-order valence-electron chi connectivity index (χ0n) is 18.1. The van der Waals surface area contributed by atoms with Gasteiger partial charge in [0, 0.05) is 37.4 Å². The molecule has 1 fully saturated rings. The van der Waals surface area contributed by atoms with E-state index in [2.05, 4.69) is 82.4 Å². The van der Waals surface area contributed by atoms with Crippen LogP contribution in [0.1, 0.15) is 12.5 Å². The normalized spacial score (nSPS) is 14.3. The van der Waals surface area contributed by atoms with Gasteiger partial charge in [-0.05, 0) is 67.9 Å². The van der Waals surface area contributed by atoms with E-state index in [-0.39, 0.29) is 0 Å². The molecule has 4 aromatic rings. The number of rotatable bonds is 5. The predicted molar refractivity (Wildman–Crippen MR) is 128 cm³/mol. The van der Waals surface area contributed by atoms with Crippen LogP contribution in [0.2, 0.25) is 0 Å². The lowest BCUT2D eigenvalue weighted by Gasteiger charge is -2.38. The summed E-state index contributed by atoms with van der Waals surface area (Å²) in [6.45, 7) is 8.76. The van der Waals surface area contributed by atoms with Crippen LogP contribution < -0.4 is 14.5 Å². The Bertz CT molecular complexity index is 1170. The van der Waals surface area contributed by atoms with E-state index >= 15 is 0 Å². The van der Waals surface area contributed by atoms with Crippen molar-refractivity contribution < 1.29 is 4.74 Å². The Hall–Kier alpha value is -3.47. The van der Waals surface area contributed by atoms with Crippen LogP contribution in [0.4, 0.5) is 11.4 Å². The SMILES string of the molecule is CCOc1ccccc1N1CCN(c2ccc(-c3nc4ccc(C)cc4[nH]3)cc2)CC1. The highest BCUT2D eigenvalue weighted by atomic mass is 16.5. The standard InChI is InChI=1S/C26H28N4O/c1-3-31-25-7-5-4-6-24(25)30-16-14-29(15-17-30)21-11-9-20(10-12-21)26-27-22-13-8-19(2)18-23(22)28-26/h4-13,18H,3,14-17H2,1-2H3,(H,27,28). The molecular formula is C26H28N4O. The summed E-state index contributed by atoms with van der Waals surface area (Å²) in [4.78, 5) is 13.1. The Morgan fingerprint density at radius 1 is 0.903 bits per heavy atom. The number of anilines is 2. The van der Waals surface area contributed by atoms with Gasteiger partial charge in [0.25, 0.3) is 0 Å². The van der Waals surface area contributed by atoms with Crippen molar-refractivity contribution in [3.8, 4) is 17.1 Å². The maximum absolute atomic E-state index is 5.82. The van der Waals surface area contributed by atoms with Crippen LogP contribution >= 0.6 is 0 Å². The first-order chi connectivity index (χ1) is 15.2. The van der Waals surface area contributed by atoms with Crippen molar-refractivity contribution in [3.05, 3.63) is 72.3 Å². The third-order valence-electron chi connectivity index (χ3n) is 5.93. The molecule has 5 nitrogen and oxygen atoms in total. The predicted octanol–water partition coefficient (Wildman–Crippen LogP) is 5.26. The van der Waals surface area contributed by atoms with Gasteiger partial charge in [-0.3, -0.25) is 0 Å². The summed E-state index contributed by atoms with van der Waals surface area (Å²) in [5, 5.41) is 0. The minimum atomic E-state index is 0.689. The topological polar surface area (TPSA) is 44.4 Å². The molecule has 1 saturated heterocycles. The summed E-state index contributed by atoms with van der Waals surface area (Å²) in [6, 6.07) is 23.4. The number of ether oxygens (including phenoxy) is 1. The second-order valence-corrected chi connectivity index (χ2v) is 8.03. The van der Waals surface area contributed by atoms with Crippen LogP contribution in [0.25, 0.3) is 22.4 Å². The van der Waals surface area contributed by atoms with Gasteiger partial charge in [0.1, 0.15) is 11.6 Å². The number of fused-ring (bicyclic) bond motifs is 1. The quantitative estimate of drug-likeness (QED) is 0.485. The van der Waals surface area contributed by atoms with Crippen LogP contribution in [0, 0.1) is 6.92 Å². The van der Waals surface area contributed by atoms with Crippen molar-refractivity contribution in [2.24, 2.45) is 0 Å². The number of para-hydroxylation sites is 2. The molecule has 0 saturated carbocycles. The number of aromatic nitrogens is 2. The Labute approximate surface area is 183 Å². The molecule has 2 heterocycles. The molecule has 0 aliphatic carbocycles. The average Bonchev–Trinajstić information content (AvgIpc) is 3.23. The zero-order valence-corrected chi connectivity index (χ0v) is 18.1. The Morgan fingerprint density at radius 3 is 2.42 bits per heavy atom. The van der Waals surface area contributed by atoms with Gasteiger partial charge in [-0.25, -0.2) is 4.98 Å². The summed E-state index contributed by atoms with van der Waals surface area (Å²) in [6.07, 6.45) is 0. The summed E-state index contributed by atoms with van der Waals surface area (Å²) in [5.74, 6) is 1.90. The summed E-state index contributed by atoms with van der Waals surface area (Å²) in [7, 11) is 0. The maximum atomic E-state index is 5.82. The van der Waals surface area contributed by atoms with Crippen molar-refractivity contribution in [1.29, 1.82) is 0 Å². The monoisotopic (exact) mass is 412 g/mol. The molecule has 0 atom stereocenters. The van der Waals surface area contributed by atoms with E-state index in [1.165, 1.54) is 16.9 Å². The largest absolute Gasteiger partial charge is 0.492 e. The molecule has 0 amide bonds. The first-order valence-corrected chi connectivity index (χ1v) is 11.0. The van der Waals surface area contributed by atoms with E-state index < -0.39 is 0 Å². The molecule has 0 radical (unpaired) electrons. The smallest absolute Gasteiger partial charge is 0.142 e. The number of aryl methyl sites for hydroxylation is 1. The highest BCUT2D eigenvalue weighted by Gasteiger charge is 2.20. The Morgan fingerprint density at radius 2 is 1.65 bits per heavy atom. The maximum Gasteiger partial charge on any atom is 0.142 e. The number of H-pyrrole nitrogens is 1. The van der Waals surface area contributed by atoms with E-state index in [9.17, 15) is 0 Å². The average molecular weight is 413 g/mol. The number of nitrogens with one attached hydrogen (secondary N) is 1. The third kappa shape index (κ3) is 3.96. The van der Waals surface area contributed by atoms with Gasteiger partial charge in [0.15, 0.2) is 0 Å². The fourth-order valence-electron chi connectivity index (χ4n) is 4.29. The summed E-state index contributed by atoms with van der Waals surface area (Å²) >= 11 is 0. The molecule has 5 heteroatoms. The van der Waals surface area contributed by atoms with Crippen molar-refractivity contribution in [1.82, 2.24) is 9.97 Å². The first-order valence-electron chi connectivity index (χ1n) is 11.0. The number of aromatic amines is 1. The van der Waals surface area contributed by atoms with E-state index in [0.717, 1.165) is 54.3 Å². The van der Waals surface area contributed by atoms with E-state index in [4.69, 9.17) is 9.72 Å². The Balaban J connectivity index is 1.28. The molecule has 5 rings (SSSR count). The second-order valence-electron chi connectivity index (χ2n) is 8.03. The van der Waals surface area contributed by atoms with Crippen LogP contribution in [0.15, 0.2) is 66.7 Å². The van der Waals surface area contributed by atoms with Crippen molar-refractivity contribution in [2.75, 3.05) is 42.6 Å². The molecule has 1 aliphatic rings. The van der Waals surface area contributed by atoms with Gasteiger partial charge in [0.2, 0.25) is 0 Å². The molecule has 0 unspecified atom stereocenters. The minimum absolute atomic E-state index is 0.689. The van der Waals surface area contributed by atoms with Crippen molar-refractivity contribution in [3.63, 3.8) is 0 Å². The zero-order chi connectivity index (χ0) is 21.2. The molecule has 3 aromatic carbocycles. The number of imidazole rings is 1. The lowest BCUT2D eigenvalue weighted by atomic mass is 10.1. The second kappa shape index (κ2) is 8.34. The number of hydrogen-bond donors (Lipinski definition) is 1. The van der Waals surface area contributed by atoms with Crippen molar-refractivity contribution >= 4 is 22.4 Å². The van der Waals surface area contributed by atoms with Gasteiger partial charge >= 0.3 is 0 Å². The molecule has 31 heavy (non-hydrogen) atoms. The molecule has 0 bridgehead atoms. The van der Waals surface area contributed by atoms with Crippen LogP contribution in [0.3, 0.4) is 0 Å². The summed E-state index contributed by atoms with van der Waals surface area (Å²) in [5.41, 5.74) is 6.89. The highest BCUT2D eigenvalue weighted by molar-refractivity contribution is 5.80. The fourth-order valence-corrected chi connectivity index (χ4v) is 4.29. The Kier molecular flexibility index (Phi) is 5.24. The molecule has 1 aromatic heterocycles. The third-order valence-corrected chi connectivity index (χ3v) is 5.93. The van der Waals surface area contributed by atoms with Crippen LogP contribution in [-0.2, 0) is 0 Å². The van der Waals surface area contributed by atoms with Gasteiger partial charge in [0.05, 0.1) is 23.3 Å². The minimum Gasteiger partial charge on any atom is -0.492 e. The van der Waals surface area contributed by atoms with Gasteiger partial charge in [-0.15, -0.1) is 0 Å². The van der Waals surface area contributed by atoms with E-state index in [1.807, 2.05) is 13.0 Å². The molecule has 1 N–H and O–H groups in total. The van der Waals surface area contributed by atoms with Crippen molar-refractivity contribution in [2.45, 2.75) is 13.8 Å². The van der Waals surface area contributed by atoms with Gasteiger partial charge in [-0.2, -0.15) is 0 Å². The molecule has 0 spiro atoms. The van der Waals surface area contributed by atoms with Crippen LogP contribution in [0.5, 0.6) is 5.75 Å². The number of piperazine rings is 1. The summed E-state index contributed by atoms with van der Waals surface area (Å²) < 4.78 is 5.82. The fraction of sp³-hybridized carbons (Fsp3) is 0.269. The van der Waals surface area contributed by atoms with Crippen LogP contribution in [-0.4, -0.2) is 42.8 Å².